The van der Waals surface area contributed by atoms with Gasteiger partial charge in [0.05, 0.1) is 7.11 Å². The number of rotatable bonds is 7. The summed E-state index contributed by atoms with van der Waals surface area (Å²) < 4.78 is 10.3. The SMILES string of the molecule is COCC(=O)N(c1ccc(C)cc1)C1CCN(Cc2ccc(O)c(OC)c2)CC1. The van der Waals surface area contributed by atoms with Gasteiger partial charge in [0.1, 0.15) is 6.61 Å². The van der Waals surface area contributed by atoms with Crippen molar-refractivity contribution < 1.29 is 19.4 Å². The van der Waals surface area contributed by atoms with Gasteiger partial charge in [-0.3, -0.25) is 9.69 Å². The lowest BCUT2D eigenvalue weighted by Crippen LogP contribution is -2.48. The van der Waals surface area contributed by atoms with E-state index in [1.54, 1.807) is 20.3 Å². The number of likely N-dealkylation sites (tertiary alicyclic amines) is 1. The summed E-state index contributed by atoms with van der Waals surface area (Å²) in [7, 11) is 3.11. The number of carbonyl (C=O) groups is 1. The number of phenols is 1. The highest BCUT2D eigenvalue weighted by atomic mass is 16.5. The number of benzene rings is 2. The molecule has 2 aromatic rings. The Kier molecular flexibility index (Phi) is 7.12. The van der Waals surface area contributed by atoms with Crippen molar-refractivity contribution in [2.45, 2.75) is 32.4 Å². The molecule has 156 valence electrons. The molecule has 0 bridgehead atoms. The predicted molar refractivity (Wildman–Crippen MR) is 113 cm³/mol. The number of piperidine rings is 1. The number of aromatic hydroxyl groups is 1. The lowest BCUT2D eigenvalue weighted by Gasteiger charge is -2.38. The number of hydrogen-bond acceptors (Lipinski definition) is 5. The highest BCUT2D eigenvalue weighted by Gasteiger charge is 2.29. The smallest absolute Gasteiger partial charge is 0.253 e. The number of amides is 1. The summed E-state index contributed by atoms with van der Waals surface area (Å²) in [6, 6.07) is 13.7. The van der Waals surface area contributed by atoms with Gasteiger partial charge >= 0.3 is 0 Å². The maximum Gasteiger partial charge on any atom is 0.253 e. The fourth-order valence-corrected chi connectivity index (χ4v) is 3.87. The Morgan fingerprint density at radius 2 is 1.83 bits per heavy atom. The van der Waals surface area contributed by atoms with Crippen LogP contribution in [0.4, 0.5) is 5.69 Å². The molecule has 2 aromatic carbocycles. The molecule has 1 aliphatic rings. The molecule has 1 fully saturated rings. The molecule has 0 radical (unpaired) electrons. The van der Waals surface area contributed by atoms with Crippen molar-refractivity contribution in [2.75, 3.05) is 38.8 Å². The number of methoxy groups -OCH3 is 2. The van der Waals surface area contributed by atoms with Crippen LogP contribution in [0.15, 0.2) is 42.5 Å². The first-order valence-electron chi connectivity index (χ1n) is 9.97. The Bertz CT molecular complexity index is 814. The molecular formula is C23H30N2O4. The van der Waals surface area contributed by atoms with Crippen LogP contribution in [-0.2, 0) is 16.1 Å². The highest BCUT2D eigenvalue weighted by molar-refractivity contribution is 5.94. The highest BCUT2D eigenvalue weighted by Crippen LogP contribution is 2.28. The van der Waals surface area contributed by atoms with Gasteiger partial charge in [-0.15, -0.1) is 0 Å². The van der Waals surface area contributed by atoms with Crippen LogP contribution in [0.25, 0.3) is 0 Å². The van der Waals surface area contributed by atoms with E-state index in [9.17, 15) is 9.90 Å². The van der Waals surface area contributed by atoms with Crippen LogP contribution in [0, 0.1) is 6.92 Å². The van der Waals surface area contributed by atoms with Crippen molar-refractivity contribution in [3.8, 4) is 11.5 Å². The first-order chi connectivity index (χ1) is 14.0. The molecule has 6 heteroatoms. The number of carbonyl (C=O) groups excluding carboxylic acids is 1. The molecule has 29 heavy (non-hydrogen) atoms. The minimum Gasteiger partial charge on any atom is -0.504 e. The molecule has 0 atom stereocenters. The molecule has 6 nitrogen and oxygen atoms in total. The van der Waals surface area contributed by atoms with Crippen LogP contribution in [0.3, 0.4) is 0 Å². The molecule has 3 rings (SSSR count). The maximum absolute atomic E-state index is 12.8. The summed E-state index contributed by atoms with van der Waals surface area (Å²) in [6.45, 7) is 4.72. The third-order valence-electron chi connectivity index (χ3n) is 5.42. The van der Waals surface area contributed by atoms with Gasteiger partial charge in [0.2, 0.25) is 0 Å². The summed E-state index contributed by atoms with van der Waals surface area (Å²) in [5, 5.41) is 9.77. The summed E-state index contributed by atoms with van der Waals surface area (Å²) >= 11 is 0. The normalized spacial score (nSPS) is 15.3. The average molecular weight is 399 g/mol. The second kappa shape index (κ2) is 9.76. The van der Waals surface area contributed by atoms with E-state index in [-0.39, 0.29) is 24.3 Å². The molecule has 1 aliphatic heterocycles. The van der Waals surface area contributed by atoms with Gasteiger partial charge in [0.25, 0.3) is 5.91 Å². The van der Waals surface area contributed by atoms with Crippen molar-refractivity contribution >= 4 is 11.6 Å². The number of ether oxygens (including phenoxy) is 2. The van der Waals surface area contributed by atoms with Crippen LogP contribution >= 0.6 is 0 Å². The molecule has 0 spiro atoms. The lowest BCUT2D eigenvalue weighted by molar-refractivity contribution is -0.122. The summed E-state index contributed by atoms with van der Waals surface area (Å²) in [5.41, 5.74) is 3.20. The van der Waals surface area contributed by atoms with Crippen LogP contribution in [0.2, 0.25) is 0 Å². The van der Waals surface area contributed by atoms with Crippen LogP contribution in [0.1, 0.15) is 24.0 Å². The number of phenolic OH excluding ortho intramolecular Hbond substituents is 1. The third-order valence-corrected chi connectivity index (χ3v) is 5.42. The van der Waals surface area contributed by atoms with Crippen molar-refractivity contribution in [3.05, 3.63) is 53.6 Å². The zero-order chi connectivity index (χ0) is 20.8. The summed E-state index contributed by atoms with van der Waals surface area (Å²) in [4.78, 5) is 17.0. The van der Waals surface area contributed by atoms with Gasteiger partial charge in [-0.2, -0.15) is 0 Å². The van der Waals surface area contributed by atoms with Gasteiger partial charge in [-0.25, -0.2) is 0 Å². The molecule has 1 heterocycles. The Hall–Kier alpha value is -2.57. The van der Waals surface area contributed by atoms with Crippen LogP contribution in [-0.4, -0.2) is 55.9 Å². The monoisotopic (exact) mass is 398 g/mol. The first-order valence-corrected chi connectivity index (χ1v) is 9.97. The van der Waals surface area contributed by atoms with Gasteiger partial charge < -0.3 is 19.5 Å². The maximum atomic E-state index is 12.8. The zero-order valence-corrected chi connectivity index (χ0v) is 17.4. The Balaban J connectivity index is 1.66. The average Bonchev–Trinajstić information content (AvgIpc) is 2.72. The minimum absolute atomic E-state index is 0.00178. The largest absolute Gasteiger partial charge is 0.504 e. The van der Waals surface area contributed by atoms with Crippen molar-refractivity contribution in [1.29, 1.82) is 0 Å². The Morgan fingerprint density at radius 1 is 1.14 bits per heavy atom. The third kappa shape index (κ3) is 5.28. The quantitative estimate of drug-likeness (QED) is 0.775. The zero-order valence-electron chi connectivity index (χ0n) is 17.4. The number of nitrogens with zero attached hydrogens (tertiary/aromatic N) is 2. The van der Waals surface area contributed by atoms with E-state index < -0.39 is 0 Å². The van der Waals surface area contributed by atoms with Crippen molar-refractivity contribution in [2.24, 2.45) is 0 Å². The van der Waals surface area contributed by atoms with E-state index in [0.29, 0.717) is 5.75 Å². The van der Waals surface area contributed by atoms with E-state index in [2.05, 4.69) is 4.90 Å². The standard InChI is InChI=1S/C23H30N2O4/c1-17-4-7-19(8-5-17)25(23(27)16-28-2)20-10-12-24(13-11-20)15-18-6-9-21(26)22(14-18)29-3/h4-9,14,20,26H,10-13,15-16H2,1-3H3. The fraction of sp³-hybridized carbons (Fsp3) is 0.435. The number of anilines is 1. The lowest BCUT2D eigenvalue weighted by atomic mass is 10.0. The topological polar surface area (TPSA) is 62.2 Å². The molecule has 1 saturated heterocycles. The first kappa shape index (κ1) is 21.1. The van der Waals surface area contributed by atoms with Crippen molar-refractivity contribution in [1.82, 2.24) is 4.90 Å². The molecule has 0 saturated carbocycles. The van der Waals surface area contributed by atoms with Gasteiger partial charge in [0.15, 0.2) is 11.5 Å². The Labute approximate surface area is 172 Å². The van der Waals surface area contributed by atoms with E-state index in [1.807, 2.05) is 48.2 Å². The fourth-order valence-electron chi connectivity index (χ4n) is 3.87. The minimum atomic E-state index is -0.00178. The van der Waals surface area contributed by atoms with E-state index in [0.717, 1.165) is 43.7 Å². The van der Waals surface area contributed by atoms with Gasteiger partial charge in [-0.05, 0) is 49.6 Å². The van der Waals surface area contributed by atoms with Gasteiger partial charge in [0, 0.05) is 38.5 Å². The summed E-state index contributed by atoms with van der Waals surface area (Å²) in [6.07, 6.45) is 1.80. The Morgan fingerprint density at radius 3 is 2.45 bits per heavy atom. The van der Waals surface area contributed by atoms with E-state index in [4.69, 9.17) is 9.47 Å². The summed E-state index contributed by atoms with van der Waals surface area (Å²) in [5.74, 6) is 0.645. The molecule has 1 N–H and O–H groups in total. The number of hydrogen-bond donors (Lipinski definition) is 1. The molecule has 0 unspecified atom stereocenters. The molecular weight excluding hydrogens is 368 g/mol. The van der Waals surface area contributed by atoms with Crippen LogP contribution in [0.5, 0.6) is 11.5 Å². The molecule has 0 aromatic heterocycles. The van der Waals surface area contributed by atoms with Crippen molar-refractivity contribution in [3.63, 3.8) is 0 Å². The number of aryl methyl sites for hydroxylation is 1. The van der Waals surface area contributed by atoms with Gasteiger partial charge in [-0.1, -0.05) is 23.8 Å². The molecule has 0 aliphatic carbocycles. The second-order valence-electron chi connectivity index (χ2n) is 7.55. The van der Waals surface area contributed by atoms with E-state index >= 15 is 0 Å². The van der Waals surface area contributed by atoms with Crippen LogP contribution < -0.4 is 9.64 Å². The van der Waals surface area contributed by atoms with E-state index in [1.165, 1.54) is 5.56 Å². The molecule has 1 amide bonds. The second-order valence-corrected chi connectivity index (χ2v) is 7.55. The predicted octanol–water partition coefficient (Wildman–Crippen LogP) is 3.35.